The summed E-state index contributed by atoms with van der Waals surface area (Å²) >= 11 is 0. The monoisotopic (exact) mass is 404 g/mol. The average molecular weight is 404 g/mol. The second-order valence-electron chi connectivity index (χ2n) is 7.11. The van der Waals surface area contributed by atoms with E-state index >= 15 is 0 Å². The molecule has 1 fully saturated rings. The third-order valence-electron chi connectivity index (χ3n) is 4.83. The van der Waals surface area contributed by atoms with Gasteiger partial charge in [-0.2, -0.15) is 4.31 Å². The maximum absolute atomic E-state index is 12.5. The van der Waals surface area contributed by atoms with E-state index in [1.165, 1.54) is 14.9 Å². The van der Waals surface area contributed by atoms with E-state index in [1.807, 2.05) is 0 Å². The van der Waals surface area contributed by atoms with Crippen LogP contribution in [0.15, 0.2) is 53.5 Å². The normalized spacial score (nSPS) is 20.4. The molecule has 9 heteroatoms. The zero-order chi connectivity index (χ0) is 20.5. The lowest BCUT2D eigenvalue weighted by atomic mass is 10.1. The van der Waals surface area contributed by atoms with Crippen LogP contribution < -0.4 is 16.6 Å². The van der Waals surface area contributed by atoms with E-state index in [1.54, 1.807) is 56.4 Å². The predicted molar refractivity (Wildman–Crippen MR) is 107 cm³/mol. The number of nitrogens with zero attached hydrogens (tertiary/aromatic N) is 2. The Balaban J connectivity index is 1.70. The fraction of sp³-hybridized carbons (Fsp3) is 0.368. The number of sulfonamides is 1. The first-order valence-electron chi connectivity index (χ1n) is 9.03. The number of pyridine rings is 1. The molecule has 1 aliphatic heterocycles. The Morgan fingerprint density at radius 1 is 1.14 bits per heavy atom. The van der Waals surface area contributed by atoms with E-state index in [-0.39, 0.29) is 24.6 Å². The van der Waals surface area contributed by atoms with Crippen LogP contribution in [0.1, 0.15) is 24.2 Å². The number of aromatic nitrogens is 1. The van der Waals surface area contributed by atoms with Gasteiger partial charge in [0.15, 0.2) is 0 Å². The molecule has 3 N–H and O–H groups in total. The zero-order valence-corrected chi connectivity index (χ0v) is 16.6. The minimum Gasteiger partial charge on any atom is -0.346 e. The van der Waals surface area contributed by atoms with E-state index < -0.39 is 27.4 Å². The van der Waals surface area contributed by atoms with Crippen LogP contribution in [0.4, 0.5) is 0 Å². The number of hydrogen-bond donors (Lipinski definition) is 2. The first-order valence-corrected chi connectivity index (χ1v) is 10.5. The van der Waals surface area contributed by atoms with Gasteiger partial charge < -0.3 is 11.1 Å². The van der Waals surface area contributed by atoms with Crippen LogP contribution >= 0.6 is 0 Å². The van der Waals surface area contributed by atoms with E-state index in [2.05, 4.69) is 5.32 Å². The van der Waals surface area contributed by atoms with Crippen molar-refractivity contribution >= 4 is 15.9 Å². The van der Waals surface area contributed by atoms with Crippen molar-refractivity contribution in [1.82, 2.24) is 14.2 Å². The van der Waals surface area contributed by atoms with Gasteiger partial charge in [0.1, 0.15) is 0 Å². The van der Waals surface area contributed by atoms with E-state index in [4.69, 9.17) is 5.73 Å². The number of carbonyl (C=O) groups excluding carboxylic acids is 1. The van der Waals surface area contributed by atoms with Crippen LogP contribution in [0.25, 0.3) is 5.69 Å². The standard InChI is InChI=1S/C19H24N4O4S/c1-13(2)28(26,27)22-11-16(20)17(12-22)21-19(25)14-6-8-15(9-7-14)23-10-4-3-5-18(23)24/h3-10,13,16-17H,11-12,20H2,1-2H3,(H,21,25). The lowest BCUT2D eigenvalue weighted by Gasteiger charge is -2.19. The van der Waals surface area contributed by atoms with Gasteiger partial charge in [-0.05, 0) is 44.2 Å². The maximum atomic E-state index is 12.5. The smallest absolute Gasteiger partial charge is 0.255 e. The van der Waals surface area contributed by atoms with Crippen molar-refractivity contribution in [2.24, 2.45) is 5.73 Å². The number of benzene rings is 1. The molecule has 1 amide bonds. The highest BCUT2D eigenvalue weighted by molar-refractivity contribution is 7.89. The van der Waals surface area contributed by atoms with Gasteiger partial charge in [-0.15, -0.1) is 0 Å². The van der Waals surface area contributed by atoms with Crippen LogP contribution in [0.2, 0.25) is 0 Å². The lowest BCUT2D eigenvalue weighted by molar-refractivity contribution is 0.0936. The summed E-state index contributed by atoms with van der Waals surface area (Å²) in [6.07, 6.45) is 1.65. The Kier molecular flexibility index (Phi) is 5.69. The Hall–Kier alpha value is -2.49. The van der Waals surface area contributed by atoms with Crippen molar-refractivity contribution in [2.75, 3.05) is 13.1 Å². The number of rotatable bonds is 5. The molecule has 3 rings (SSSR count). The molecule has 150 valence electrons. The average Bonchev–Trinajstić information content (AvgIpc) is 3.03. The summed E-state index contributed by atoms with van der Waals surface area (Å²) in [6.45, 7) is 3.57. The van der Waals surface area contributed by atoms with Gasteiger partial charge in [0, 0.05) is 42.6 Å². The Bertz CT molecular complexity index is 1010. The number of amides is 1. The molecule has 2 heterocycles. The van der Waals surface area contributed by atoms with Gasteiger partial charge in [0.05, 0.1) is 11.3 Å². The Labute approximate surface area is 164 Å². The summed E-state index contributed by atoms with van der Waals surface area (Å²) in [5.74, 6) is -0.337. The van der Waals surface area contributed by atoms with E-state index in [0.717, 1.165) is 0 Å². The molecule has 0 saturated carbocycles. The van der Waals surface area contributed by atoms with Gasteiger partial charge in [-0.25, -0.2) is 8.42 Å². The van der Waals surface area contributed by atoms with Crippen molar-refractivity contribution in [3.8, 4) is 5.69 Å². The van der Waals surface area contributed by atoms with Gasteiger partial charge in [0.2, 0.25) is 10.0 Å². The minimum atomic E-state index is -3.41. The van der Waals surface area contributed by atoms with E-state index in [0.29, 0.717) is 11.3 Å². The molecular weight excluding hydrogens is 380 g/mol. The number of nitrogens with two attached hydrogens (primary N) is 1. The fourth-order valence-electron chi connectivity index (χ4n) is 3.12. The summed E-state index contributed by atoms with van der Waals surface area (Å²) in [6, 6.07) is 10.5. The SMILES string of the molecule is CC(C)S(=O)(=O)N1CC(N)C(NC(=O)c2ccc(-n3ccccc3=O)cc2)C1. The molecule has 2 aromatic rings. The summed E-state index contributed by atoms with van der Waals surface area (Å²) in [5, 5.41) is 2.28. The highest BCUT2D eigenvalue weighted by Crippen LogP contribution is 2.17. The topological polar surface area (TPSA) is 114 Å². The van der Waals surface area contributed by atoms with Gasteiger partial charge in [-0.3, -0.25) is 14.2 Å². The maximum Gasteiger partial charge on any atom is 0.255 e. The van der Waals surface area contributed by atoms with Crippen LogP contribution in [0.5, 0.6) is 0 Å². The highest BCUT2D eigenvalue weighted by Gasteiger charge is 2.38. The second kappa shape index (κ2) is 7.86. The molecule has 0 aliphatic carbocycles. The third kappa shape index (κ3) is 4.01. The van der Waals surface area contributed by atoms with Crippen molar-refractivity contribution in [3.05, 3.63) is 64.6 Å². The van der Waals surface area contributed by atoms with Crippen molar-refractivity contribution in [3.63, 3.8) is 0 Å². The minimum absolute atomic E-state index is 0.158. The van der Waals surface area contributed by atoms with Crippen LogP contribution in [0, 0.1) is 0 Å². The molecule has 0 radical (unpaired) electrons. The summed E-state index contributed by atoms with van der Waals surface area (Å²) in [4.78, 5) is 24.4. The molecule has 8 nitrogen and oxygen atoms in total. The summed E-state index contributed by atoms with van der Waals surface area (Å²) in [5.41, 5.74) is 6.94. The molecular formula is C19H24N4O4S. The molecule has 0 spiro atoms. The van der Waals surface area contributed by atoms with Gasteiger partial charge in [-0.1, -0.05) is 6.07 Å². The molecule has 1 aromatic carbocycles. The first kappa shape index (κ1) is 20.2. The molecule has 0 bridgehead atoms. The van der Waals surface area contributed by atoms with Crippen LogP contribution in [-0.4, -0.2) is 53.6 Å². The van der Waals surface area contributed by atoms with Crippen molar-refractivity contribution in [1.29, 1.82) is 0 Å². The van der Waals surface area contributed by atoms with Crippen LogP contribution in [0.3, 0.4) is 0 Å². The number of nitrogens with one attached hydrogen (secondary N) is 1. The first-order chi connectivity index (χ1) is 13.2. The predicted octanol–water partition coefficient (Wildman–Crippen LogP) is 0.317. The zero-order valence-electron chi connectivity index (χ0n) is 15.8. The highest BCUT2D eigenvalue weighted by atomic mass is 32.2. The number of carbonyl (C=O) groups is 1. The quantitative estimate of drug-likeness (QED) is 0.745. The summed E-state index contributed by atoms with van der Waals surface area (Å²) < 4.78 is 27.4. The van der Waals surface area contributed by atoms with Gasteiger partial charge >= 0.3 is 0 Å². The van der Waals surface area contributed by atoms with Crippen LogP contribution in [-0.2, 0) is 10.0 Å². The second-order valence-corrected chi connectivity index (χ2v) is 9.60. The van der Waals surface area contributed by atoms with Crippen molar-refractivity contribution in [2.45, 2.75) is 31.2 Å². The molecule has 1 aromatic heterocycles. The van der Waals surface area contributed by atoms with Crippen molar-refractivity contribution < 1.29 is 13.2 Å². The molecule has 1 saturated heterocycles. The molecule has 2 atom stereocenters. The lowest BCUT2D eigenvalue weighted by Crippen LogP contribution is -2.46. The largest absolute Gasteiger partial charge is 0.346 e. The molecule has 2 unspecified atom stereocenters. The summed E-state index contributed by atoms with van der Waals surface area (Å²) in [7, 11) is -3.41. The third-order valence-corrected chi connectivity index (χ3v) is 7.04. The molecule has 28 heavy (non-hydrogen) atoms. The number of hydrogen-bond acceptors (Lipinski definition) is 5. The van der Waals surface area contributed by atoms with Gasteiger partial charge in [0.25, 0.3) is 11.5 Å². The fourth-order valence-corrected chi connectivity index (χ4v) is 4.46. The Morgan fingerprint density at radius 2 is 1.82 bits per heavy atom. The molecule has 1 aliphatic rings. The van der Waals surface area contributed by atoms with E-state index in [9.17, 15) is 18.0 Å². The Morgan fingerprint density at radius 3 is 2.43 bits per heavy atom.